The van der Waals surface area contributed by atoms with E-state index in [0.29, 0.717) is 6.54 Å². The number of hydrogen-bond donors (Lipinski definition) is 0. The molecule has 88 valence electrons. The van der Waals surface area contributed by atoms with Crippen molar-refractivity contribution in [2.45, 2.75) is 20.4 Å². The van der Waals surface area contributed by atoms with E-state index in [1.54, 1.807) is 16.7 Å². The Kier molecular flexibility index (Phi) is 3.48. The zero-order chi connectivity index (χ0) is 12.4. The highest BCUT2D eigenvalue weighted by atomic mass is 79.9. The van der Waals surface area contributed by atoms with Crippen LogP contribution < -0.4 is 5.56 Å². The minimum Gasteiger partial charge on any atom is -0.310 e. The first kappa shape index (κ1) is 12.1. The quantitative estimate of drug-likeness (QED) is 0.832. The third kappa shape index (κ3) is 2.67. The number of benzene rings is 1. The van der Waals surface area contributed by atoms with Gasteiger partial charge >= 0.3 is 0 Å². The molecular formula is C14H14BrNO. The van der Waals surface area contributed by atoms with Gasteiger partial charge in [0.05, 0.1) is 6.54 Å². The third-order valence-electron chi connectivity index (χ3n) is 2.92. The normalized spacial score (nSPS) is 10.5. The Morgan fingerprint density at radius 2 is 1.76 bits per heavy atom. The Morgan fingerprint density at radius 3 is 2.41 bits per heavy atom. The molecule has 17 heavy (non-hydrogen) atoms. The van der Waals surface area contributed by atoms with Gasteiger partial charge in [0.25, 0.3) is 5.56 Å². The number of aromatic nitrogens is 1. The van der Waals surface area contributed by atoms with Crippen LogP contribution in [0.15, 0.2) is 45.8 Å². The molecule has 0 aliphatic heterocycles. The number of nitrogens with zero attached hydrogens (tertiary/aromatic N) is 1. The summed E-state index contributed by atoms with van der Waals surface area (Å²) < 4.78 is 2.64. The molecule has 3 heteroatoms. The van der Waals surface area contributed by atoms with Gasteiger partial charge in [-0.3, -0.25) is 4.79 Å². The lowest BCUT2D eigenvalue weighted by atomic mass is 10.0. The average molecular weight is 292 g/mol. The minimum atomic E-state index is 0.0239. The van der Waals surface area contributed by atoms with Gasteiger partial charge in [-0.1, -0.05) is 18.2 Å². The molecule has 0 saturated carbocycles. The van der Waals surface area contributed by atoms with Crippen LogP contribution in [0.25, 0.3) is 0 Å². The smallest absolute Gasteiger partial charge is 0.250 e. The molecule has 1 aromatic heterocycles. The number of aryl methyl sites for hydroxylation is 2. The van der Waals surface area contributed by atoms with Gasteiger partial charge in [0.2, 0.25) is 0 Å². The molecule has 2 nitrogen and oxygen atoms in total. The zero-order valence-electron chi connectivity index (χ0n) is 9.90. The number of pyridine rings is 1. The number of halogens is 1. The van der Waals surface area contributed by atoms with E-state index in [1.165, 1.54) is 16.7 Å². The molecule has 1 heterocycles. The lowest BCUT2D eigenvalue weighted by Gasteiger charge is -2.11. The molecule has 0 N–H and O–H groups in total. The SMILES string of the molecule is Cc1cccc(C)c1Cn1cc(Br)ccc1=O. The van der Waals surface area contributed by atoms with E-state index in [2.05, 4.69) is 41.9 Å². The summed E-state index contributed by atoms with van der Waals surface area (Å²) in [5.41, 5.74) is 3.68. The first-order chi connectivity index (χ1) is 8.08. The molecule has 0 fully saturated rings. The second kappa shape index (κ2) is 4.88. The summed E-state index contributed by atoms with van der Waals surface area (Å²) in [4.78, 5) is 11.7. The molecule has 0 amide bonds. The average Bonchev–Trinajstić information content (AvgIpc) is 2.28. The number of hydrogen-bond acceptors (Lipinski definition) is 1. The van der Waals surface area contributed by atoms with Crippen LogP contribution >= 0.6 is 15.9 Å². The first-order valence-corrected chi connectivity index (χ1v) is 6.28. The van der Waals surface area contributed by atoms with Crippen molar-refractivity contribution < 1.29 is 0 Å². The fourth-order valence-electron chi connectivity index (χ4n) is 1.89. The van der Waals surface area contributed by atoms with Gasteiger partial charge < -0.3 is 4.57 Å². The molecule has 2 aromatic rings. The van der Waals surface area contributed by atoms with E-state index >= 15 is 0 Å². The summed E-state index contributed by atoms with van der Waals surface area (Å²) in [6.07, 6.45) is 1.83. The van der Waals surface area contributed by atoms with Crippen molar-refractivity contribution in [1.29, 1.82) is 0 Å². The van der Waals surface area contributed by atoms with Crippen LogP contribution in [0.4, 0.5) is 0 Å². The Morgan fingerprint density at radius 1 is 1.12 bits per heavy atom. The van der Waals surface area contributed by atoms with E-state index in [-0.39, 0.29) is 5.56 Å². The van der Waals surface area contributed by atoms with Crippen molar-refractivity contribution >= 4 is 15.9 Å². The van der Waals surface area contributed by atoms with Gasteiger partial charge in [-0.05, 0) is 52.5 Å². The van der Waals surface area contributed by atoms with E-state index in [4.69, 9.17) is 0 Å². The van der Waals surface area contributed by atoms with Gasteiger partial charge in [-0.2, -0.15) is 0 Å². The van der Waals surface area contributed by atoms with Crippen molar-refractivity contribution in [3.63, 3.8) is 0 Å². The predicted octanol–water partition coefficient (Wildman–Crippen LogP) is 3.28. The zero-order valence-corrected chi connectivity index (χ0v) is 11.5. The fraction of sp³-hybridized carbons (Fsp3) is 0.214. The van der Waals surface area contributed by atoms with E-state index in [0.717, 1.165) is 4.47 Å². The lowest BCUT2D eigenvalue weighted by molar-refractivity contribution is 0.748. The second-order valence-corrected chi connectivity index (χ2v) is 5.10. The van der Waals surface area contributed by atoms with Gasteiger partial charge in [-0.15, -0.1) is 0 Å². The molecule has 0 spiro atoms. The molecule has 0 atom stereocenters. The molecule has 0 radical (unpaired) electrons. The number of rotatable bonds is 2. The third-order valence-corrected chi connectivity index (χ3v) is 3.39. The Bertz CT molecular complexity index is 581. The Labute approximate surface area is 109 Å². The maximum absolute atomic E-state index is 11.7. The summed E-state index contributed by atoms with van der Waals surface area (Å²) in [5.74, 6) is 0. The fourth-order valence-corrected chi connectivity index (χ4v) is 2.27. The van der Waals surface area contributed by atoms with Crippen molar-refractivity contribution in [1.82, 2.24) is 4.57 Å². The molecule has 2 rings (SSSR count). The van der Waals surface area contributed by atoms with Crippen LogP contribution in [0.1, 0.15) is 16.7 Å². The van der Waals surface area contributed by atoms with Crippen molar-refractivity contribution in [3.8, 4) is 0 Å². The predicted molar refractivity (Wildman–Crippen MR) is 73.4 cm³/mol. The van der Waals surface area contributed by atoms with Gasteiger partial charge in [0, 0.05) is 16.7 Å². The van der Waals surface area contributed by atoms with Gasteiger partial charge in [0.15, 0.2) is 0 Å². The molecule has 0 unspecified atom stereocenters. The summed E-state index contributed by atoms with van der Waals surface area (Å²) in [6.45, 7) is 4.77. The van der Waals surface area contributed by atoms with Crippen molar-refractivity contribution in [2.75, 3.05) is 0 Å². The maximum atomic E-state index is 11.7. The highest BCUT2D eigenvalue weighted by Gasteiger charge is 2.04. The monoisotopic (exact) mass is 291 g/mol. The Hall–Kier alpha value is -1.35. The topological polar surface area (TPSA) is 22.0 Å². The minimum absolute atomic E-state index is 0.0239. The maximum Gasteiger partial charge on any atom is 0.250 e. The highest BCUT2D eigenvalue weighted by Crippen LogP contribution is 2.15. The van der Waals surface area contributed by atoms with Crippen LogP contribution in [0.3, 0.4) is 0 Å². The summed E-state index contributed by atoms with van der Waals surface area (Å²) in [6, 6.07) is 9.54. The molecule has 0 aliphatic carbocycles. The summed E-state index contributed by atoms with van der Waals surface area (Å²) >= 11 is 3.39. The standard InChI is InChI=1S/C14H14BrNO/c1-10-4-3-5-11(2)13(10)9-16-8-12(15)6-7-14(16)17/h3-8H,9H2,1-2H3. The molecule has 0 bridgehead atoms. The summed E-state index contributed by atoms with van der Waals surface area (Å²) in [7, 11) is 0. The van der Waals surface area contributed by atoms with Gasteiger partial charge in [0.1, 0.15) is 0 Å². The largest absolute Gasteiger partial charge is 0.310 e. The first-order valence-electron chi connectivity index (χ1n) is 5.49. The molecule has 0 aliphatic rings. The van der Waals surface area contributed by atoms with Crippen LogP contribution in [-0.2, 0) is 6.54 Å². The van der Waals surface area contributed by atoms with Crippen LogP contribution in [0, 0.1) is 13.8 Å². The Balaban J connectivity index is 2.45. The lowest BCUT2D eigenvalue weighted by Crippen LogP contribution is -2.19. The van der Waals surface area contributed by atoms with E-state index in [1.807, 2.05) is 12.3 Å². The molecule has 1 aromatic carbocycles. The van der Waals surface area contributed by atoms with Crippen LogP contribution in [0.5, 0.6) is 0 Å². The van der Waals surface area contributed by atoms with E-state index in [9.17, 15) is 4.79 Å². The summed E-state index contributed by atoms with van der Waals surface area (Å²) in [5, 5.41) is 0. The second-order valence-electron chi connectivity index (χ2n) is 4.18. The van der Waals surface area contributed by atoms with Crippen LogP contribution in [-0.4, -0.2) is 4.57 Å². The van der Waals surface area contributed by atoms with Gasteiger partial charge in [-0.25, -0.2) is 0 Å². The molecular weight excluding hydrogens is 278 g/mol. The molecule has 0 saturated heterocycles. The highest BCUT2D eigenvalue weighted by molar-refractivity contribution is 9.10. The van der Waals surface area contributed by atoms with E-state index < -0.39 is 0 Å². The van der Waals surface area contributed by atoms with Crippen LogP contribution in [0.2, 0.25) is 0 Å². The van der Waals surface area contributed by atoms with Crippen molar-refractivity contribution in [2.24, 2.45) is 0 Å². The van der Waals surface area contributed by atoms with Crippen molar-refractivity contribution in [3.05, 3.63) is 68.0 Å².